The summed E-state index contributed by atoms with van der Waals surface area (Å²) in [7, 11) is 0. The number of nitrogens with zero attached hydrogens (tertiary/aromatic N) is 3. The average Bonchev–Trinajstić information content (AvgIpc) is 3.40. The third-order valence-corrected chi connectivity index (χ3v) is 4.69. The van der Waals surface area contributed by atoms with Gasteiger partial charge in [-0.15, -0.1) is 0 Å². The van der Waals surface area contributed by atoms with Gasteiger partial charge in [0.05, 0.1) is 34.7 Å². The Balaban J connectivity index is 1.82. The van der Waals surface area contributed by atoms with Crippen molar-refractivity contribution in [2.24, 2.45) is 4.99 Å². The quantitative estimate of drug-likeness (QED) is 0.294. The highest BCUT2D eigenvalue weighted by Crippen LogP contribution is 2.22. The molecule has 0 spiro atoms. The van der Waals surface area contributed by atoms with Gasteiger partial charge < -0.3 is 4.42 Å². The maximum Gasteiger partial charge on any atom is 0.280 e. The average molecular weight is 402 g/mol. The summed E-state index contributed by atoms with van der Waals surface area (Å²) in [6.45, 7) is 2.09. The molecule has 0 unspecified atom stereocenters. The molecule has 0 atom stereocenters. The molecule has 0 amide bonds. The Morgan fingerprint density at radius 3 is 2.47 bits per heavy atom. The van der Waals surface area contributed by atoms with E-state index in [1.165, 1.54) is 28.9 Å². The minimum Gasteiger partial charge on any atom is -0.467 e. The molecule has 0 aliphatic rings. The van der Waals surface area contributed by atoms with Crippen LogP contribution < -0.4 is 5.56 Å². The molecule has 8 nitrogen and oxygen atoms in total. The van der Waals surface area contributed by atoms with E-state index in [0.717, 1.165) is 5.56 Å². The lowest BCUT2D eigenvalue weighted by molar-refractivity contribution is -0.384. The SMILES string of the molecule is CC(=NCc1ccco1)c1c(-c2ccccc2)[nH]n(-c2ccc([N+](=O)[O-])cc2)c1=O. The second-order valence-electron chi connectivity index (χ2n) is 6.62. The third kappa shape index (κ3) is 3.70. The zero-order valence-electron chi connectivity index (χ0n) is 16.1. The molecule has 2 heterocycles. The van der Waals surface area contributed by atoms with E-state index in [2.05, 4.69) is 10.1 Å². The minimum absolute atomic E-state index is 0.0435. The largest absolute Gasteiger partial charge is 0.467 e. The van der Waals surface area contributed by atoms with E-state index in [-0.39, 0.29) is 11.2 Å². The first kappa shape index (κ1) is 19.1. The van der Waals surface area contributed by atoms with Gasteiger partial charge in [0.2, 0.25) is 0 Å². The van der Waals surface area contributed by atoms with Crippen LogP contribution in [-0.4, -0.2) is 20.4 Å². The highest BCUT2D eigenvalue weighted by Gasteiger charge is 2.19. The van der Waals surface area contributed by atoms with Gasteiger partial charge in [0.1, 0.15) is 5.76 Å². The number of hydrogen-bond acceptors (Lipinski definition) is 5. The van der Waals surface area contributed by atoms with Crippen LogP contribution in [0.15, 0.2) is 87.2 Å². The zero-order chi connectivity index (χ0) is 21.1. The van der Waals surface area contributed by atoms with E-state index in [1.54, 1.807) is 19.3 Å². The number of nitrogens with one attached hydrogen (secondary N) is 1. The fourth-order valence-corrected chi connectivity index (χ4v) is 3.17. The molecule has 0 aliphatic carbocycles. The van der Waals surface area contributed by atoms with Crippen molar-refractivity contribution < 1.29 is 9.34 Å². The number of non-ortho nitro benzene ring substituents is 1. The summed E-state index contributed by atoms with van der Waals surface area (Å²) >= 11 is 0. The summed E-state index contributed by atoms with van der Waals surface area (Å²) in [6.07, 6.45) is 1.58. The van der Waals surface area contributed by atoms with Gasteiger partial charge in [0.25, 0.3) is 11.2 Å². The van der Waals surface area contributed by atoms with Gasteiger partial charge >= 0.3 is 0 Å². The summed E-state index contributed by atoms with van der Waals surface area (Å²) in [6, 6.07) is 18.9. The monoisotopic (exact) mass is 402 g/mol. The second-order valence-corrected chi connectivity index (χ2v) is 6.62. The molecular weight excluding hydrogens is 384 g/mol. The highest BCUT2D eigenvalue weighted by atomic mass is 16.6. The van der Waals surface area contributed by atoms with Crippen LogP contribution in [0, 0.1) is 10.1 Å². The Hall–Kier alpha value is -4.20. The second kappa shape index (κ2) is 8.04. The fraction of sp³-hybridized carbons (Fsp3) is 0.0909. The number of hydrogen-bond donors (Lipinski definition) is 1. The zero-order valence-corrected chi connectivity index (χ0v) is 16.1. The van der Waals surface area contributed by atoms with Crippen molar-refractivity contribution in [1.29, 1.82) is 0 Å². The van der Waals surface area contributed by atoms with Crippen LogP contribution in [0.4, 0.5) is 5.69 Å². The maximum absolute atomic E-state index is 13.3. The van der Waals surface area contributed by atoms with Crippen LogP contribution in [0.3, 0.4) is 0 Å². The molecule has 2 aromatic heterocycles. The van der Waals surface area contributed by atoms with Crippen LogP contribution >= 0.6 is 0 Å². The lowest BCUT2D eigenvalue weighted by Gasteiger charge is -2.03. The van der Waals surface area contributed by atoms with Gasteiger partial charge in [-0.3, -0.25) is 25.0 Å². The summed E-state index contributed by atoms with van der Waals surface area (Å²) in [5.74, 6) is 0.696. The smallest absolute Gasteiger partial charge is 0.280 e. The molecular formula is C22H18N4O4. The molecule has 0 bridgehead atoms. The number of nitro benzene ring substituents is 1. The predicted octanol–water partition coefficient (Wildman–Crippen LogP) is 4.34. The van der Waals surface area contributed by atoms with Crippen molar-refractivity contribution in [2.75, 3.05) is 0 Å². The summed E-state index contributed by atoms with van der Waals surface area (Å²) in [4.78, 5) is 28.3. The van der Waals surface area contributed by atoms with Crippen LogP contribution in [-0.2, 0) is 6.54 Å². The first-order valence-corrected chi connectivity index (χ1v) is 9.23. The van der Waals surface area contributed by atoms with Gasteiger partial charge in [-0.25, -0.2) is 4.68 Å². The minimum atomic E-state index is -0.479. The van der Waals surface area contributed by atoms with Crippen molar-refractivity contribution in [3.8, 4) is 16.9 Å². The van der Waals surface area contributed by atoms with Crippen molar-refractivity contribution in [3.63, 3.8) is 0 Å². The lowest BCUT2D eigenvalue weighted by atomic mass is 10.1. The molecule has 0 aliphatic heterocycles. The summed E-state index contributed by atoms with van der Waals surface area (Å²) in [5.41, 5.74) is 2.62. The Kier molecular flexibility index (Phi) is 5.13. The number of aromatic nitrogens is 2. The van der Waals surface area contributed by atoms with Gasteiger partial charge in [0.15, 0.2) is 0 Å². The molecule has 0 saturated carbocycles. The molecule has 30 heavy (non-hydrogen) atoms. The van der Waals surface area contributed by atoms with Gasteiger partial charge in [-0.05, 0) is 31.2 Å². The maximum atomic E-state index is 13.3. The molecule has 4 aromatic rings. The first-order chi connectivity index (χ1) is 14.5. The number of nitro groups is 1. The van der Waals surface area contributed by atoms with E-state index in [1.807, 2.05) is 36.4 Å². The molecule has 4 rings (SSSR count). The molecule has 0 radical (unpaired) electrons. The lowest BCUT2D eigenvalue weighted by Crippen LogP contribution is -2.19. The predicted molar refractivity (Wildman–Crippen MR) is 113 cm³/mol. The Labute approximate surface area is 171 Å². The van der Waals surface area contributed by atoms with Crippen LogP contribution in [0.5, 0.6) is 0 Å². The van der Waals surface area contributed by atoms with Gasteiger partial charge in [-0.2, -0.15) is 0 Å². The Morgan fingerprint density at radius 2 is 1.83 bits per heavy atom. The Morgan fingerprint density at radius 1 is 1.10 bits per heavy atom. The van der Waals surface area contributed by atoms with E-state index in [4.69, 9.17) is 4.42 Å². The van der Waals surface area contributed by atoms with Crippen LogP contribution in [0.2, 0.25) is 0 Å². The molecule has 1 N–H and O–H groups in total. The Bertz CT molecular complexity index is 1250. The standard InChI is InChI=1S/C22H18N4O4/c1-15(23-14-19-8-5-13-30-19)20-21(16-6-3-2-4-7-16)24-25(22(20)27)17-9-11-18(12-10-17)26(28)29/h2-13,24H,14H2,1H3. The number of benzene rings is 2. The van der Waals surface area contributed by atoms with Crippen molar-refractivity contribution in [1.82, 2.24) is 9.78 Å². The van der Waals surface area contributed by atoms with E-state index >= 15 is 0 Å². The number of aliphatic imine (C=N–C) groups is 1. The summed E-state index contributed by atoms with van der Waals surface area (Å²) in [5, 5.41) is 14.1. The fourth-order valence-electron chi connectivity index (χ4n) is 3.17. The molecule has 8 heteroatoms. The first-order valence-electron chi connectivity index (χ1n) is 9.23. The molecule has 0 fully saturated rings. The highest BCUT2D eigenvalue weighted by molar-refractivity contribution is 6.03. The number of H-pyrrole nitrogens is 1. The van der Waals surface area contributed by atoms with Crippen molar-refractivity contribution in [3.05, 3.63) is 105 Å². The van der Waals surface area contributed by atoms with Crippen LogP contribution in [0.25, 0.3) is 16.9 Å². The van der Waals surface area contributed by atoms with Crippen molar-refractivity contribution in [2.45, 2.75) is 13.5 Å². The van der Waals surface area contributed by atoms with E-state index in [0.29, 0.717) is 35.0 Å². The third-order valence-electron chi connectivity index (χ3n) is 4.69. The molecule has 2 aromatic carbocycles. The summed E-state index contributed by atoms with van der Waals surface area (Å²) < 4.78 is 6.69. The number of aromatic amines is 1. The number of furan rings is 1. The van der Waals surface area contributed by atoms with Crippen LogP contribution in [0.1, 0.15) is 18.2 Å². The van der Waals surface area contributed by atoms with E-state index in [9.17, 15) is 14.9 Å². The van der Waals surface area contributed by atoms with E-state index < -0.39 is 4.92 Å². The topological polar surface area (TPSA) is 106 Å². The molecule has 0 saturated heterocycles. The van der Waals surface area contributed by atoms with Crippen molar-refractivity contribution >= 4 is 11.4 Å². The molecule has 150 valence electrons. The van der Waals surface area contributed by atoms with Gasteiger partial charge in [0, 0.05) is 23.4 Å². The number of rotatable bonds is 6. The van der Waals surface area contributed by atoms with Gasteiger partial charge in [-0.1, -0.05) is 30.3 Å². The normalized spacial score (nSPS) is 11.6.